The zero-order valence-corrected chi connectivity index (χ0v) is 18.3. The number of fused-ring (bicyclic) bond motifs is 1. The molecule has 0 fully saturated rings. The third-order valence-corrected chi connectivity index (χ3v) is 5.82. The highest BCUT2D eigenvalue weighted by Crippen LogP contribution is 2.25. The summed E-state index contributed by atoms with van der Waals surface area (Å²) in [6.45, 7) is 0.936. The van der Waals surface area contributed by atoms with Gasteiger partial charge in [0.1, 0.15) is 0 Å². The van der Waals surface area contributed by atoms with Gasteiger partial charge >= 0.3 is 0 Å². The van der Waals surface area contributed by atoms with Crippen molar-refractivity contribution >= 4 is 23.4 Å². The van der Waals surface area contributed by atoms with Crippen LogP contribution in [0.15, 0.2) is 91.3 Å². The van der Waals surface area contributed by atoms with Crippen molar-refractivity contribution < 1.29 is 14.4 Å². The summed E-state index contributed by atoms with van der Waals surface area (Å²) in [5, 5.41) is 7.03. The minimum Gasteiger partial charge on any atom is -0.322 e. The fourth-order valence-electron chi connectivity index (χ4n) is 4.00. The molecule has 4 aromatic rings. The van der Waals surface area contributed by atoms with E-state index >= 15 is 0 Å². The molecule has 1 N–H and O–H groups in total. The minimum absolute atomic E-state index is 0.264. The van der Waals surface area contributed by atoms with Crippen molar-refractivity contribution in [3.63, 3.8) is 0 Å². The molecule has 0 spiro atoms. The predicted octanol–water partition coefficient (Wildman–Crippen LogP) is 4.02. The van der Waals surface area contributed by atoms with Crippen LogP contribution in [0.5, 0.6) is 0 Å². The Kier molecular flexibility index (Phi) is 5.74. The first-order valence-corrected chi connectivity index (χ1v) is 11.0. The van der Waals surface area contributed by atoms with Crippen LogP contribution >= 0.6 is 0 Å². The van der Waals surface area contributed by atoms with E-state index in [0.29, 0.717) is 36.3 Å². The number of hydrogen-bond donors (Lipinski definition) is 1. The second kappa shape index (κ2) is 9.15. The van der Waals surface area contributed by atoms with E-state index in [0.717, 1.165) is 11.1 Å². The average Bonchev–Trinajstić information content (AvgIpc) is 3.46. The Morgan fingerprint density at radius 2 is 1.59 bits per heavy atom. The lowest BCUT2D eigenvalue weighted by Crippen LogP contribution is -2.31. The molecule has 0 saturated carbocycles. The van der Waals surface area contributed by atoms with Gasteiger partial charge in [0.2, 0.25) is 0 Å². The third kappa shape index (κ3) is 4.36. The van der Waals surface area contributed by atoms with Crippen molar-refractivity contribution in [1.82, 2.24) is 14.7 Å². The van der Waals surface area contributed by atoms with Crippen molar-refractivity contribution in [2.24, 2.45) is 0 Å². The fourth-order valence-corrected chi connectivity index (χ4v) is 4.00. The number of nitrogens with zero attached hydrogens (tertiary/aromatic N) is 3. The second-order valence-electron chi connectivity index (χ2n) is 8.11. The van der Waals surface area contributed by atoms with Gasteiger partial charge in [-0.25, -0.2) is 0 Å². The SMILES string of the molecule is O=C(Nc1ccc(Cn2cccn2)cc1)c1ccc2c(c1)C(=O)N(CCc1ccccc1)C2=O. The van der Waals surface area contributed by atoms with Gasteiger partial charge in [0.25, 0.3) is 17.7 Å². The summed E-state index contributed by atoms with van der Waals surface area (Å²) in [5.74, 6) is -1.03. The smallest absolute Gasteiger partial charge is 0.261 e. The first-order valence-electron chi connectivity index (χ1n) is 11.0. The Bertz CT molecular complexity index is 1350. The molecule has 3 amide bonds. The van der Waals surface area contributed by atoms with E-state index in [1.165, 1.54) is 11.0 Å². The number of hydrogen-bond acceptors (Lipinski definition) is 4. The van der Waals surface area contributed by atoms with Crippen molar-refractivity contribution in [1.29, 1.82) is 0 Å². The van der Waals surface area contributed by atoms with Crippen molar-refractivity contribution in [2.75, 3.05) is 11.9 Å². The molecule has 5 rings (SSSR count). The summed E-state index contributed by atoms with van der Waals surface area (Å²) < 4.78 is 1.82. The zero-order valence-electron chi connectivity index (χ0n) is 18.3. The quantitative estimate of drug-likeness (QED) is 0.431. The lowest BCUT2D eigenvalue weighted by atomic mass is 10.1. The molecule has 1 aliphatic rings. The van der Waals surface area contributed by atoms with Crippen LogP contribution in [0, 0.1) is 0 Å². The lowest BCUT2D eigenvalue weighted by molar-refractivity contribution is 0.0656. The van der Waals surface area contributed by atoms with E-state index in [1.54, 1.807) is 18.3 Å². The molecule has 2 heterocycles. The monoisotopic (exact) mass is 450 g/mol. The maximum Gasteiger partial charge on any atom is 0.261 e. The number of carbonyl (C=O) groups excluding carboxylic acids is 3. The van der Waals surface area contributed by atoms with Gasteiger partial charge in [-0.2, -0.15) is 5.10 Å². The molecule has 0 aliphatic carbocycles. The molecule has 168 valence electrons. The molecule has 1 aromatic heterocycles. The highest BCUT2D eigenvalue weighted by molar-refractivity contribution is 6.22. The largest absolute Gasteiger partial charge is 0.322 e. The number of carbonyl (C=O) groups is 3. The first kappa shape index (κ1) is 21.3. The van der Waals surface area contributed by atoms with Gasteiger partial charge in [-0.1, -0.05) is 42.5 Å². The summed E-state index contributed by atoms with van der Waals surface area (Å²) in [4.78, 5) is 39.7. The number of anilines is 1. The van der Waals surface area contributed by atoms with E-state index < -0.39 is 0 Å². The normalized spacial score (nSPS) is 12.6. The van der Waals surface area contributed by atoms with Crippen molar-refractivity contribution in [2.45, 2.75) is 13.0 Å². The van der Waals surface area contributed by atoms with Crippen LogP contribution < -0.4 is 5.32 Å². The number of nitrogens with one attached hydrogen (secondary N) is 1. The van der Waals surface area contributed by atoms with E-state index in [1.807, 2.05) is 71.5 Å². The Hall–Kier alpha value is -4.52. The third-order valence-electron chi connectivity index (χ3n) is 5.82. The maximum atomic E-state index is 12.9. The summed E-state index contributed by atoms with van der Waals surface area (Å²) in [5.41, 5.74) is 3.67. The van der Waals surface area contributed by atoms with Crippen LogP contribution in [-0.4, -0.2) is 38.9 Å². The zero-order chi connectivity index (χ0) is 23.5. The van der Waals surface area contributed by atoms with E-state index in [2.05, 4.69) is 10.4 Å². The molecule has 1 aliphatic heterocycles. The number of aromatic nitrogens is 2. The van der Waals surface area contributed by atoms with Crippen LogP contribution in [0.3, 0.4) is 0 Å². The van der Waals surface area contributed by atoms with Gasteiger partial charge < -0.3 is 5.32 Å². The number of amides is 3. The van der Waals surface area contributed by atoms with E-state index in [-0.39, 0.29) is 23.3 Å². The molecule has 0 atom stereocenters. The predicted molar refractivity (Wildman–Crippen MR) is 128 cm³/mol. The Balaban J connectivity index is 1.25. The molecule has 34 heavy (non-hydrogen) atoms. The average molecular weight is 450 g/mol. The second-order valence-corrected chi connectivity index (χ2v) is 8.11. The standard InChI is InChI=1S/C27H22N4O3/c32-25(29-22-10-7-20(8-11-22)18-30-15-4-14-28-30)21-9-12-23-24(17-21)27(34)31(26(23)33)16-13-19-5-2-1-3-6-19/h1-12,14-15,17H,13,16,18H2,(H,29,32). The van der Waals surface area contributed by atoms with Gasteiger partial charge in [-0.05, 0) is 53.9 Å². The summed E-state index contributed by atoms with van der Waals surface area (Å²) in [6, 6.07) is 23.7. The molecular weight excluding hydrogens is 428 g/mol. The van der Waals surface area contributed by atoms with Crippen LogP contribution in [-0.2, 0) is 13.0 Å². The van der Waals surface area contributed by atoms with Crippen molar-refractivity contribution in [3.05, 3.63) is 119 Å². The number of benzene rings is 3. The summed E-state index contributed by atoms with van der Waals surface area (Å²) in [6.07, 6.45) is 4.19. The number of imide groups is 1. The molecule has 0 unspecified atom stereocenters. The van der Waals surface area contributed by atoms with E-state index in [9.17, 15) is 14.4 Å². The van der Waals surface area contributed by atoms with Crippen molar-refractivity contribution in [3.8, 4) is 0 Å². The molecule has 7 heteroatoms. The molecule has 7 nitrogen and oxygen atoms in total. The molecule has 0 saturated heterocycles. The topological polar surface area (TPSA) is 84.3 Å². The van der Waals surface area contributed by atoms with Gasteiger partial charge in [-0.15, -0.1) is 0 Å². The first-order chi connectivity index (χ1) is 16.6. The highest BCUT2D eigenvalue weighted by atomic mass is 16.2. The van der Waals surface area contributed by atoms with Crippen LogP contribution in [0.4, 0.5) is 5.69 Å². The molecule has 0 radical (unpaired) electrons. The fraction of sp³-hybridized carbons (Fsp3) is 0.111. The number of rotatable bonds is 7. The van der Waals surface area contributed by atoms with E-state index in [4.69, 9.17) is 0 Å². The Labute approximate surface area is 196 Å². The van der Waals surface area contributed by atoms with Gasteiger partial charge in [0.05, 0.1) is 17.7 Å². The molecule has 0 bridgehead atoms. The van der Waals surface area contributed by atoms with Gasteiger partial charge in [0, 0.05) is 30.2 Å². The Morgan fingerprint density at radius 3 is 2.32 bits per heavy atom. The molecule has 3 aromatic carbocycles. The summed E-state index contributed by atoms with van der Waals surface area (Å²) in [7, 11) is 0. The maximum absolute atomic E-state index is 12.9. The van der Waals surface area contributed by atoms with Crippen LogP contribution in [0.1, 0.15) is 42.2 Å². The minimum atomic E-state index is -0.367. The Morgan fingerprint density at radius 1 is 0.824 bits per heavy atom. The summed E-state index contributed by atoms with van der Waals surface area (Å²) >= 11 is 0. The highest BCUT2D eigenvalue weighted by Gasteiger charge is 2.35. The van der Waals surface area contributed by atoms with Crippen LogP contribution in [0.25, 0.3) is 0 Å². The molecular formula is C27H22N4O3. The van der Waals surface area contributed by atoms with Gasteiger partial charge in [0.15, 0.2) is 0 Å². The lowest BCUT2D eigenvalue weighted by Gasteiger charge is -2.13. The van der Waals surface area contributed by atoms with Gasteiger partial charge in [-0.3, -0.25) is 24.0 Å². The van der Waals surface area contributed by atoms with Crippen LogP contribution in [0.2, 0.25) is 0 Å².